The first-order valence-electron chi connectivity index (χ1n) is 21.1. The minimum atomic E-state index is -4.86. The molecule has 3 heterocycles. The monoisotopic (exact) mass is 1110 g/mol. The fourth-order valence-electron chi connectivity index (χ4n) is 6.48. The third kappa shape index (κ3) is 18.7. The van der Waals surface area contributed by atoms with Crippen LogP contribution in [0.3, 0.4) is 0 Å². The van der Waals surface area contributed by atoms with E-state index in [9.17, 15) is 46.5 Å². The van der Waals surface area contributed by atoms with E-state index in [0.29, 0.717) is 27.5 Å². The maximum Gasteiger partial charge on any atom is 0.431 e. The van der Waals surface area contributed by atoms with E-state index in [1.807, 2.05) is 24.3 Å². The first kappa shape index (κ1) is 62.4. The summed E-state index contributed by atoms with van der Waals surface area (Å²) >= 11 is 22.8. The van der Waals surface area contributed by atoms with Crippen LogP contribution in [0, 0.1) is 0 Å². The minimum absolute atomic E-state index is 0.0104. The van der Waals surface area contributed by atoms with Gasteiger partial charge in [0.05, 0.1) is 53.7 Å². The van der Waals surface area contributed by atoms with Crippen molar-refractivity contribution < 1.29 is 70.4 Å². The fourth-order valence-corrected chi connectivity index (χ4v) is 7.46. The predicted molar refractivity (Wildman–Crippen MR) is 259 cm³/mol. The lowest BCUT2D eigenvalue weighted by atomic mass is 10.0. The molecule has 394 valence electrons. The maximum atomic E-state index is 12.9. The molecule has 27 heteroatoms. The number of hydrogen-bond acceptors (Lipinski definition) is 12. The van der Waals surface area contributed by atoms with Crippen molar-refractivity contribution in [3.63, 3.8) is 0 Å². The highest BCUT2D eigenvalue weighted by molar-refractivity contribution is 7.51. The third-order valence-electron chi connectivity index (χ3n) is 9.63. The Morgan fingerprint density at radius 3 is 2.08 bits per heavy atom. The third-order valence-corrected chi connectivity index (χ3v) is 11.2. The van der Waals surface area contributed by atoms with Gasteiger partial charge in [-0.05, 0) is 82.0 Å². The number of methoxy groups -OCH3 is 1. The number of carbonyl (C=O) groups is 4. The highest BCUT2D eigenvalue weighted by atomic mass is 35.5. The summed E-state index contributed by atoms with van der Waals surface area (Å²) in [5, 5.41) is 10.1. The SMILES string of the molecule is CC(C)OC(=O)c1cc(-n2c(=O)cc(C(F)(F)F)n(C)c2=O)ccc1Cl.CC1(C)OC(c2ccco2)CN1C(=O)C(Cl)Cl.CCc1cccc(CC)c1N(COC)C(=O)CCl.O=C(O)CNCP(=O)(O)O. The van der Waals surface area contributed by atoms with Gasteiger partial charge in [0.25, 0.3) is 11.5 Å². The Morgan fingerprint density at radius 1 is 1.01 bits per heavy atom. The van der Waals surface area contributed by atoms with Crippen molar-refractivity contribution in [2.75, 3.05) is 44.0 Å². The van der Waals surface area contributed by atoms with Crippen LogP contribution >= 0.6 is 54.0 Å². The number of anilines is 1. The summed E-state index contributed by atoms with van der Waals surface area (Å²) in [4.78, 5) is 88.4. The largest absolute Gasteiger partial charge is 0.480 e. The van der Waals surface area contributed by atoms with E-state index < -0.39 is 72.1 Å². The van der Waals surface area contributed by atoms with Crippen molar-refractivity contribution in [2.24, 2.45) is 7.05 Å². The zero-order valence-electron chi connectivity index (χ0n) is 39.7. The Morgan fingerprint density at radius 2 is 1.62 bits per heavy atom. The Labute approximate surface area is 426 Å². The second-order valence-corrected chi connectivity index (χ2v) is 19.0. The van der Waals surface area contributed by atoms with Gasteiger partial charge in [0.15, 0.2) is 4.84 Å². The number of esters is 1. The van der Waals surface area contributed by atoms with Crippen molar-refractivity contribution in [1.82, 2.24) is 19.4 Å². The minimum Gasteiger partial charge on any atom is -0.480 e. The van der Waals surface area contributed by atoms with E-state index in [2.05, 4.69) is 19.2 Å². The van der Waals surface area contributed by atoms with Crippen LogP contribution in [0.15, 0.2) is 74.9 Å². The van der Waals surface area contributed by atoms with Crippen LogP contribution in [0.2, 0.25) is 5.02 Å². The van der Waals surface area contributed by atoms with Gasteiger partial charge in [0.2, 0.25) is 5.91 Å². The number of nitrogens with zero attached hydrogens (tertiary/aromatic N) is 4. The van der Waals surface area contributed by atoms with Crippen LogP contribution in [0.1, 0.15) is 80.6 Å². The number of para-hydroxylation sites is 1. The summed E-state index contributed by atoms with van der Waals surface area (Å²) in [5.41, 5.74) is -1.50. The Kier molecular flexibility index (Phi) is 24.5. The molecule has 1 unspecified atom stereocenters. The zero-order chi connectivity index (χ0) is 54.2. The summed E-state index contributed by atoms with van der Waals surface area (Å²) in [7, 11) is -1.62. The summed E-state index contributed by atoms with van der Waals surface area (Å²) in [6.45, 7) is 11.2. The van der Waals surface area contributed by atoms with Gasteiger partial charge in [0, 0.05) is 20.2 Å². The Balaban J connectivity index is 0.000000341. The molecule has 0 spiro atoms. The number of rotatable bonds is 15. The summed E-state index contributed by atoms with van der Waals surface area (Å²) in [5.74, 6) is -1.77. The number of furan rings is 1. The van der Waals surface area contributed by atoms with E-state index in [4.69, 9.17) is 79.9 Å². The Bertz CT molecular complexity index is 2580. The van der Waals surface area contributed by atoms with Gasteiger partial charge in [-0.3, -0.25) is 38.5 Å². The summed E-state index contributed by atoms with van der Waals surface area (Å²) in [6, 6.07) is 13.6. The number of aliphatic carboxylic acids is 1. The number of benzene rings is 2. The molecule has 0 bridgehead atoms. The molecule has 1 aliphatic heterocycles. The van der Waals surface area contributed by atoms with Crippen LogP contribution in [0.5, 0.6) is 0 Å². The lowest BCUT2D eigenvalue weighted by Crippen LogP contribution is -2.45. The molecule has 19 nitrogen and oxygen atoms in total. The fraction of sp³-hybridized carbons (Fsp3) is 0.455. The van der Waals surface area contributed by atoms with Crippen LogP contribution in [-0.2, 0) is 59.2 Å². The summed E-state index contributed by atoms with van der Waals surface area (Å²) in [6.07, 6.45) is -2.86. The number of alkyl halides is 6. The van der Waals surface area contributed by atoms with E-state index in [0.717, 1.165) is 42.8 Å². The molecule has 5 rings (SSSR count). The molecule has 1 saturated heterocycles. The van der Waals surface area contributed by atoms with Crippen LogP contribution in [0.25, 0.3) is 5.69 Å². The average Bonchev–Trinajstić information content (AvgIpc) is 3.93. The van der Waals surface area contributed by atoms with Gasteiger partial charge in [-0.25, -0.2) is 14.2 Å². The Hall–Kier alpha value is -4.74. The van der Waals surface area contributed by atoms with Gasteiger partial charge >= 0.3 is 31.4 Å². The lowest BCUT2D eigenvalue weighted by molar-refractivity contribution is -0.145. The molecule has 1 atom stereocenters. The van der Waals surface area contributed by atoms with E-state index in [-0.39, 0.29) is 46.8 Å². The standard InChI is InChI=1S/C16H14ClF3N2O4.C14H20ClNO2.C11H13Cl2NO3.C3H8NO5P/c1-8(2)26-14(24)10-6-9(4-5-11(10)17)22-13(23)7-12(16(18,19)20)21(3)15(22)25;1-4-11-7-6-8-12(5-2)14(11)16(10-18-3)13(17)9-15;1-11(2)14(10(15)9(12)13)6-8(17-11)7-4-3-5-16-7;5-3(6)1-4-2-10(7,8)9/h4-8H,1-3H3;6-8H,4-5,9-10H2,1-3H3;3-5,8-9H,6H2,1-2H3;4H,1-2H2,(H,5,6)(H2,7,8,9). The topological polar surface area (TPSA) is 249 Å². The number of nitrogens with one attached hydrogen (secondary N) is 1. The molecule has 4 aromatic rings. The first-order valence-corrected chi connectivity index (χ1v) is 24.7. The number of carbonyl (C=O) groups excluding carboxylic acids is 3. The van der Waals surface area contributed by atoms with Gasteiger partial charge in [-0.2, -0.15) is 13.2 Å². The number of hydrogen-bond donors (Lipinski definition) is 4. The highest BCUT2D eigenvalue weighted by Gasteiger charge is 2.45. The smallest absolute Gasteiger partial charge is 0.431 e. The number of aryl methyl sites for hydroxylation is 2. The number of carboxylic acid groups (broad SMARTS) is 1. The van der Waals surface area contributed by atoms with Crippen molar-refractivity contribution in [1.29, 1.82) is 0 Å². The number of ether oxygens (including phenoxy) is 3. The molecule has 4 N–H and O–H groups in total. The number of aromatic nitrogens is 2. The molecule has 2 aromatic carbocycles. The molecule has 2 aromatic heterocycles. The molecular formula is C44H55Cl4F3N5O14P. The molecule has 0 aliphatic carbocycles. The molecule has 2 amide bonds. The van der Waals surface area contributed by atoms with E-state index in [1.165, 1.54) is 17.0 Å². The number of carboxylic acids is 1. The quantitative estimate of drug-likeness (QED) is 0.0395. The molecular weight excluding hydrogens is 1050 g/mol. The molecule has 1 fully saturated rings. The van der Waals surface area contributed by atoms with Crippen molar-refractivity contribution in [3.05, 3.63) is 115 Å². The second-order valence-electron chi connectivity index (χ2n) is 15.6. The molecule has 0 radical (unpaired) electrons. The van der Waals surface area contributed by atoms with Gasteiger partial charge in [0.1, 0.15) is 35.9 Å². The number of halogens is 7. The average molecular weight is 1110 g/mol. The van der Waals surface area contributed by atoms with Crippen LogP contribution in [-0.4, -0.2) is 108 Å². The second kappa shape index (κ2) is 27.9. The molecule has 0 saturated carbocycles. The maximum absolute atomic E-state index is 12.9. The lowest BCUT2D eigenvalue weighted by Gasteiger charge is -2.29. The summed E-state index contributed by atoms with van der Waals surface area (Å²) < 4.78 is 70.8. The van der Waals surface area contributed by atoms with Crippen LogP contribution < -0.4 is 21.5 Å². The molecule has 71 heavy (non-hydrogen) atoms. The van der Waals surface area contributed by atoms with Crippen LogP contribution in [0.4, 0.5) is 18.9 Å². The van der Waals surface area contributed by atoms with Crippen molar-refractivity contribution >= 4 is 83.4 Å². The van der Waals surface area contributed by atoms with Crippen molar-refractivity contribution in [2.45, 2.75) is 83.3 Å². The van der Waals surface area contributed by atoms with Gasteiger partial charge in [-0.1, -0.05) is 66.8 Å². The predicted octanol–water partition coefficient (Wildman–Crippen LogP) is 7.28. The van der Waals surface area contributed by atoms with Crippen molar-refractivity contribution in [3.8, 4) is 5.69 Å². The normalized spacial score (nSPS) is 14.1. The highest BCUT2D eigenvalue weighted by Crippen LogP contribution is 2.37. The number of amides is 2. The molecule has 1 aliphatic rings. The van der Waals surface area contributed by atoms with Gasteiger partial charge in [-0.15, -0.1) is 11.6 Å². The first-order chi connectivity index (χ1) is 33.0. The van der Waals surface area contributed by atoms with E-state index in [1.54, 1.807) is 52.0 Å². The van der Waals surface area contributed by atoms with Gasteiger partial charge < -0.3 is 38.4 Å². The zero-order valence-corrected chi connectivity index (χ0v) is 43.6. The van der Waals surface area contributed by atoms with E-state index >= 15 is 0 Å².